The standard InChI is InChI=1S/C18H28O4S/c1-3-4-5-6-7-8-9-10-17(18(19)20)23(21,22)16-13-11-15(2)12-14-16/h11-14,17H,3-10H2,1-2H3,(H,19,20). The molecule has 23 heavy (non-hydrogen) atoms. The van der Waals surface area contributed by atoms with E-state index in [1.165, 1.54) is 31.4 Å². The summed E-state index contributed by atoms with van der Waals surface area (Å²) in [5.74, 6) is -1.25. The van der Waals surface area contributed by atoms with Gasteiger partial charge in [-0.3, -0.25) is 4.79 Å². The third kappa shape index (κ3) is 6.34. The Labute approximate surface area is 139 Å². The van der Waals surface area contributed by atoms with Crippen LogP contribution in [0.25, 0.3) is 0 Å². The Morgan fingerprint density at radius 2 is 1.52 bits per heavy atom. The molecule has 0 saturated carbocycles. The van der Waals surface area contributed by atoms with Gasteiger partial charge in [-0.2, -0.15) is 0 Å². The van der Waals surface area contributed by atoms with Crippen LogP contribution in [-0.2, 0) is 14.6 Å². The predicted octanol–water partition coefficient (Wildman–Crippen LogP) is 4.36. The molecule has 0 aromatic heterocycles. The Balaban J connectivity index is 2.60. The molecule has 0 aliphatic carbocycles. The van der Waals surface area contributed by atoms with Gasteiger partial charge in [0.25, 0.3) is 0 Å². The molecule has 0 fully saturated rings. The highest BCUT2D eigenvalue weighted by Gasteiger charge is 2.33. The second kappa shape index (κ2) is 9.71. The largest absolute Gasteiger partial charge is 0.480 e. The van der Waals surface area contributed by atoms with E-state index in [4.69, 9.17) is 0 Å². The van der Waals surface area contributed by atoms with Gasteiger partial charge in [-0.15, -0.1) is 0 Å². The fraction of sp³-hybridized carbons (Fsp3) is 0.611. The first-order valence-corrected chi connectivity index (χ1v) is 9.97. The van der Waals surface area contributed by atoms with Gasteiger partial charge in [0.2, 0.25) is 0 Å². The molecule has 1 rings (SSSR count). The van der Waals surface area contributed by atoms with Gasteiger partial charge in [-0.05, 0) is 25.5 Å². The Hall–Kier alpha value is -1.36. The number of benzene rings is 1. The van der Waals surface area contributed by atoms with Gasteiger partial charge in [0.05, 0.1) is 4.90 Å². The maximum atomic E-state index is 12.5. The van der Waals surface area contributed by atoms with E-state index in [1.54, 1.807) is 12.1 Å². The van der Waals surface area contributed by atoms with Crippen LogP contribution in [0.3, 0.4) is 0 Å². The lowest BCUT2D eigenvalue weighted by Gasteiger charge is -2.14. The third-order valence-electron chi connectivity index (χ3n) is 4.07. The number of aryl methyl sites for hydroxylation is 1. The summed E-state index contributed by atoms with van der Waals surface area (Å²) in [6, 6.07) is 6.37. The number of hydrogen-bond donors (Lipinski definition) is 1. The van der Waals surface area contributed by atoms with Crippen LogP contribution in [0.1, 0.15) is 63.9 Å². The summed E-state index contributed by atoms with van der Waals surface area (Å²) in [4.78, 5) is 11.5. The monoisotopic (exact) mass is 340 g/mol. The molecule has 0 bridgehead atoms. The van der Waals surface area contributed by atoms with E-state index in [2.05, 4.69) is 6.92 Å². The first-order valence-electron chi connectivity index (χ1n) is 8.43. The fourth-order valence-corrected chi connectivity index (χ4v) is 4.18. The van der Waals surface area contributed by atoms with Crippen molar-refractivity contribution >= 4 is 15.8 Å². The minimum atomic E-state index is -3.82. The van der Waals surface area contributed by atoms with Crippen molar-refractivity contribution in [3.8, 4) is 0 Å². The number of carboxylic acids is 1. The maximum Gasteiger partial charge on any atom is 0.322 e. The van der Waals surface area contributed by atoms with E-state index >= 15 is 0 Å². The lowest BCUT2D eigenvalue weighted by molar-refractivity contribution is -0.136. The lowest BCUT2D eigenvalue weighted by atomic mass is 10.1. The summed E-state index contributed by atoms with van der Waals surface area (Å²) in [7, 11) is -3.82. The van der Waals surface area contributed by atoms with Crippen LogP contribution in [0, 0.1) is 6.92 Å². The predicted molar refractivity (Wildman–Crippen MR) is 92.4 cm³/mol. The van der Waals surface area contributed by atoms with Crippen LogP contribution in [0.2, 0.25) is 0 Å². The number of carboxylic acid groups (broad SMARTS) is 1. The van der Waals surface area contributed by atoms with E-state index in [-0.39, 0.29) is 11.3 Å². The molecule has 0 aliphatic heterocycles. The van der Waals surface area contributed by atoms with Crippen LogP contribution < -0.4 is 0 Å². The Bertz CT molecular complexity index is 576. The number of hydrogen-bond acceptors (Lipinski definition) is 3. The first kappa shape index (κ1) is 19.7. The van der Waals surface area contributed by atoms with Gasteiger partial charge >= 0.3 is 5.97 Å². The minimum absolute atomic E-state index is 0.0958. The minimum Gasteiger partial charge on any atom is -0.480 e. The van der Waals surface area contributed by atoms with Gasteiger partial charge in [0.15, 0.2) is 15.1 Å². The number of rotatable bonds is 11. The Kier molecular flexibility index (Phi) is 8.31. The molecule has 4 nitrogen and oxygen atoms in total. The summed E-state index contributed by atoms with van der Waals surface area (Å²) in [6.07, 6.45) is 7.48. The van der Waals surface area contributed by atoms with E-state index < -0.39 is 21.1 Å². The molecule has 0 spiro atoms. The topological polar surface area (TPSA) is 71.4 Å². The zero-order valence-corrected chi connectivity index (χ0v) is 14.9. The summed E-state index contributed by atoms with van der Waals surface area (Å²) >= 11 is 0. The van der Waals surface area contributed by atoms with Gasteiger partial charge in [-0.1, -0.05) is 69.6 Å². The second-order valence-electron chi connectivity index (χ2n) is 6.09. The molecule has 0 heterocycles. The molecule has 5 heteroatoms. The van der Waals surface area contributed by atoms with Crippen LogP contribution in [0.4, 0.5) is 0 Å². The highest BCUT2D eigenvalue weighted by atomic mass is 32.2. The number of carbonyl (C=O) groups is 1. The van der Waals surface area contributed by atoms with Gasteiger partial charge in [0.1, 0.15) is 0 Å². The molecule has 0 radical (unpaired) electrons. The molecular weight excluding hydrogens is 312 g/mol. The smallest absolute Gasteiger partial charge is 0.322 e. The van der Waals surface area contributed by atoms with Crippen molar-refractivity contribution < 1.29 is 18.3 Å². The molecule has 130 valence electrons. The third-order valence-corrected chi connectivity index (χ3v) is 6.19. The summed E-state index contributed by atoms with van der Waals surface area (Å²) < 4.78 is 25.0. The molecule has 1 N–H and O–H groups in total. The molecule has 1 aromatic carbocycles. The van der Waals surface area contributed by atoms with Crippen LogP contribution in [-0.4, -0.2) is 24.7 Å². The zero-order chi connectivity index (χ0) is 17.3. The first-order chi connectivity index (χ1) is 10.9. The summed E-state index contributed by atoms with van der Waals surface area (Å²) in [5, 5.41) is 7.97. The van der Waals surface area contributed by atoms with E-state index in [9.17, 15) is 18.3 Å². The van der Waals surface area contributed by atoms with Crippen molar-refractivity contribution in [2.24, 2.45) is 0 Å². The highest BCUT2D eigenvalue weighted by Crippen LogP contribution is 2.22. The van der Waals surface area contributed by atoms with Crippen LogP contribution in [0.5, 0.6) is 0 Å². The lowest BCUT2D eigenvalue weighted by Crippen LogP contribution is -2.30. The average Bonchev–Trinajstić information content (AvgIpc) is 2.49. The van der Waals surface area contributed by atoms with Gasteiger partial charge in [0, 0.05) is 0 Å². The summed E-state index contributed by atoms with van der Waals surface area (Å²) in [6.45, 7) is 4.02. The molecule has 1 unspecified atom stereocenters. The normalized spacial score (nSPS) is 13.0. The maximum absolute atomic E-state index is 12.5. The number of unbranched alkanes of at least 4 members (excludes halogenated alkanes) is 6. The van der Waals surface area contributed by atoms with Crippen LogP contribution >= 0.6 is 0 Å². The zero-order valence-electron chi connectivity index (χ0n) is 14.1. The molecule has 1 atom stereocenters. The highest BCUT2D eigenvalue weighted by molar-refractivity contribution is 7.92. The molecular formula is C18H28O4S. The quantitative estimate of drug-likeness (QED) is 0.607. The SMILES string of the molecule is CCCCCCCCCC(C(=O)O)S(=O)(=O)c1ccc(C)cc1. The van der Waals surface area contributed by atoms with Crippen molar-refractivity contribution in [1.82, 2.24) is 0 Å². The fourth-order valence-electron chi connectivity index (χ4n) is 2.59. The summed E-state index contributed by atoms with van der Waals surface area (Å²) in [5.41, 5.74) is 0.947. The van der Waals surface area contributed by atoms with Gasteiger partial charge in [-0.25, -0.2) is 8.42 Å². The van der Waals surface area contributed by atoms with Crippen molar-refractivity contribution in [2.45, 2.75) is 75.4 Å². The van der Waals surface area contributed by atoms with E-state index in [0.717, 1.165) is 24.8 Å². The van der Waals surface area contributed by atoms with Crippen molar-refractivity contribution in [1.29, 1.82) is 0 Å². The second-order valence-corrected chi connectivity index (χ2v) is 8.23. The van der Waals surface area contributed by atoms with E-state index in [0.29, 0.717) is 6.42 Å². The van der Waals surface area contributed by atoms with Crippen molar-refractivity contribution in [3.05, 3.63) is 29.8 Å². The van der Waals surface area contributed by atoms with Crippen molar-refractivity contribution in [3.63, 3.8) is 0 Å². The van der Waals surface area contributed by atoms with Gasteiger partial charge < -0.3 is 5.11 Å². The van der Waals surface area contributed by atoms with E-state index in [1.807, 2.05) is 6.92 Å². The molecule has 1 aromatic rings. The van der Waals surface area contributed by atoms with Crippen molar-refractivity contribution in [2.75, 3.05) is 0 Å². The van der Waals surface area contributed by atoms with Crippen LogP contribution in [0.15, 0.2) is 29.2 Å². The molecule has 0 saturated heterocycles. The molecule has 0 amide bonds. The Morgan fingerprint density at radius 1 is 1.00 bits per heavy atom. The number of sulfone groups is 1. The number of aliphatic carboxylic acids is 1. The average molecular weight is 340 g/mol. The Morgan fingerprint density at radius 3 is 2.04 bits per heavy atom. The molecule has 0 aliphatic rings.